The van der Waals surface area contributed by atoms with Gasteiger partial charge in [0, 0.05) is 37.2 Å². The maximum atomic E-state index is 14.7. The second kappa shape index (κ2) is 9.81. The zero-order valence-corrected chi connectivity index (χ0v) is 17.6. The molecule has 1 aliphatic carbocycles. The molecule has 2 aliphatic heterocycles. The number of hydrogen-bond acceptors (Lipinski definition) is 6. The number of hydroxylamine groups is 1. The molecule has 29 heavy (non-hydrogen) atoms. The molecule has 1 aromatic rings. The Morgan fingerprint density at radius 1 is 1.21 bits per heavy atom. The molecule has 3 aliphatic rings. The molecular formula is C22H36FN5O. The summed E-state index contributed by atoms with van der Waals surface area (Å²) in [5.74, 6) is 1.13. The van der Waals surface area contributed by atoms with Gasteiger partial charge in [-0.2, -0.15) is 5.48 Å². The highest BCUT2D eigenvalue weighted by atomic mass is 19.1. The minimum Gasteiger partial charge on any atom is -0.310 e. The van der Waals surface area contributed by atoms with Crippen LogP contribution in [0, 0.1) is 17.7 Å². The van der Waals surface area contributed by atoms with Crippen molar-refractivity contribution in [2.24, 2.45) is 11.8 Å². The predicted molar refractivity (Wildman–Crippen MR) is 112 cm³/mol. The minimum absolute atomic E-state index is 0.0442. The summed E-state index contributed by atoms with van der Waals surface area (Å²) in [4.78, 5) is 5.58. The zero-order chi connectivity index (χ0) is 20.2. The van der Waals surface area contributed by atoms with Crippen LogP contribution in [0.4, 0.5) is 4.39 Å². The maximum Gasteiger partial charge on any atom is 0.134 e. The molecule has 5 unspecified atom stereocenters. The summed E-state index contributed by atoms with van der Waals surface area (Å²) in [5.41, 5.74) is 4.55. The van der Waals surface area contributed by atoms with E-state index in [1.807, 2.05) is 12.1 Å². The molecule has 7 heteroatoms. The van der Waals surface area contributed by atoms with Crippen molar-refractivity contribution in [1.82, 2.24) is 26.7 Å². The third kappa shape index (κ3) is 5.34. The molecule has 2 heterocycles. The van der Waals surface area contributed by atoms with E-state index in [0.717, 1.165) is 24.6 Å². The van der Waals surface area contributed by atoms with Gasteiger partial charge in [0.05, 0.1) is 6.17 Å². The molecule has 0 amide bonds. The van der Waals surface area contributed by atoms with Crippen LogP contribution in [-0.4, -0.2) is 31.5 Å². The molecule has 6 nitrogen and oxygen atoms in total. The van der Waals surface area contributed by atoms with E-state index >= 15 is 0 Å². The number of rotatable bonds is 9. The van der Waals surface area contributed by atoms with Crippen LogP contribution in [0.25, 0.3) is 0 Å². The first-order valence-electron chi connectivity index (χ1n) is 11.3. The van der Waals surface area contributed by atoms with Crippen molar-refractivity contribution in [2.45, 2.75) is 77.1 Å². The normalized spacial score (nSPS) is 31.1. The second-order valence-electron chi connectivity index (χ2n) is 8.76. The summed E-state index contributed by atoms with van der Waals surface area (Å²) in [6.45, 7) is 6.85. The lowest BCUT2D eigenvalue weighted by Crippen LogP contribution is -2.61. The molecular weight excluding hydrogens is 369 g/mol. The lowest BCUT2D eigenvalue weighted by atomic mass is 9.91. The average molecular weight is 406 g/mol. The SMILES string of the molecule is CCCC(CC)C1CNC(NCc2ccc(C3NOC(C4CC4)N3)cc2F)CN1. The highest BCUT2D eigenvalue weighted by Crippen LogP contribution is 2.35. The van der Waals surface area contributed by atoms with Crippen LogP contribution in [0.2, 0.25) is 0 Å². The van der Waals surface area contributed by atoms with Gasteiger partial charge in [-0.15, -0.1) is 0 Å². The smallest absolute Gasteiger partial charge is 0.134 e. The Bertz CT molecular complexity index is 663. The van der Waals surface area contributed by atoms with Gasteiger partial charge in [0.15, 0.2) is 0 Å². The van der Waals surface area contributed by atoms with Gasteiger partial charge in [0.2, 0.25) is 0 Å². The van der Waals surface area contributed by atoms with Crippen molar-refractivity contribution in [3.8, 4) is 0 Å². The summed E-state index contributed by atoms with van der Waals surface area (Å²) in [6, 6.07) is 5.99. The molecule has 0 radical (unpaired) electrons. The van der Waals surface area contributed by atoms with Crippen molar-refractivity contribution in [3.05, 3.63) is 35.1 Å². The average Bonchev–Trinajstić information content (AvgIpc) is 3.48. The van der Waals surface area contributed by atoms with Crippen LogP contribution in [0.1, 0.15) is 63.2 Å². The van der Waals surface area contributed by atoms with Crippen molar-refractivity contribution in [1.29, 1.82) is 0 Å². The van der Waals surface area contributed by atoms with Crippen molar-refractivity contribution in [2.75, 3.05) is 13.1 Å². The van der Waals surface area contributed by atoms with Crippen LogP contribution < -0.4 is 26.7 Å². The minimum atomic E-state index is -0.177. The summed E-state index contributed by atoms with van der Waals surface area (Å²) in [6.07, 6.45) is 6.17. The fraction of sp³-hybridized carbons (Fsp3) is 0.727. The highest BCUT2D eigenvalue weighted by Gasteiger charge is 2.38. The van der Waals surface area contributed by atoms with Crippen molar-refractivity contribution >= 4 is 0 Å². The molecule has 1 aromatic carbocycles. The van der Waals surface area contributed by atoms with Crippen molar-refractivity contribution < 1.29 is 9.23 Å². The Morgan fingerprint density at radius 2 is 2.07 bits per heavy atom. The fourth-order valence-electron chi connectivity index (χ4n) is 4.51. The molecule has 0 bridgehead atoms. The van der Waals surface area contributed by atoms with Gasteiger partial charge in [0.1, 0.15) is 18.2 Å². The summed E-state index contributed by atoms with van der Waals surface area (Å²) in [7, 11) is 0. The number of nitrogens with one attached hydrogen (secondary N) is 5. The van der Waals surface area contributed by atoms with Crippen LogP contribution >= 0.6 is 0 Å². The van der Waals surface area contributed by atoms with Crippen LogP contribution in [0.3, 0.4) is 0 Å². The molecule has 0 aromatic heterocycles. The quantitative estimate of drug-likeness (QED) is 0.435. The van der Waals surface area contributed by atoms with Crippen molar-refractivity contribution in [3.63, 3.8) is 0 Å². The molecule has 4 rings (SSSR count). The van der Waals surface area contributed by atoms with Gasteiger partial charge in [-0.3, -0.25) is 20.8 Å². The maximum absolute atomic E-state index is 14.7. The van der Waals surface area contributed by atoms with E-state index in [9.17, 15) is 4.39 Å². The molecule has 5 atom stereocenters. The second-order valence-corrected chi connectivity index (χ2v) is 8.76. The topological polar surface area (TPSA) is 69.4 Å². The summed E-state index contributed by atoms with van der Waals surface area (Å²) < 4.78 is 14.7. The van der Waals surface area contributed by atoms with Crippen LogP contribution in [0.5, 0.6) is 0 Å². The number of benzene rings is 1. The van der Waals surface area contributed by atoms with Crippen LogP contribution in [0.15, 0.2) is 18.2 Å². The molecule has 3 fully saturated rings. The monoisotopic (exact) mass is 405 g/mol. The Kier molecular flexibility index (Phi) is 7.16. The Hall–Kier alpha value is -1.09. The Morgan fingerprint density at radius 3 is 2.72 bits per heavy atom. The van der Waals surface area contributed by atoms with Gasteiger partial charge in [-0.25, -0.2) is 4.39 Å². The first-order valence-corrected chi connectivity index (χ1v) is 11.3. The Labute approximate surface area is 173 Å². The lowest BCUT2D eigenvalue weighted by molar-refractivity contribution is 0.0104. The summed E-state index contributed by atoms with van der Waals surface area (Å²) in [5, 5.41) is 14.1. The van der Waals surface area contributed by atoms with Crippen LogP contribution in [-0.2, 0) is 11.4 Å². The van der Waals surface area contributed by atoms with E-state index in [-0.39, 0.29) is 24.4 Å². The lowest BCUT2D eigenvalue weighted by Gasteiger charge is -2.36. The molecule has 2 saturated heterocycles. The molecule has 162 valence electrons. The Balaban J connectivity index is 1.24. The van der Waals surface area contributed by atoms with Gasteiger partial charge >= 0.3 is 0 Å². The first-order chi connectivity index (χ1) is 14.2. The zero-order valence-electron chi connectivity index (χ0n) is 17.6. The van der Waals surface area contributed by atoms with Gasteiger partial charge in [0.25, 0.3) is 0 Å². The fourth-order valence-corrected chi connectivity index (χ4v) is 4.51. The third-order valence-electron chi connectivity index (χ3n) is 6.56. The molecule has 5 N–H and O–H groups in total. The first kappa shape index (κ1) is 21.2. The predicted octanol–water partition coefficient (Wildman–Crippen LogP) is 2.49. The van der Waals surface area contributed by atoms with E-state index in [4.69, 9.17) is 4.84 Å². The highest BCUT2D eigenvalue weighted by molar-refractivity contribution is 5.27. The van der Waals surface area contributed by atoms with Gasteiger partial charge in [-0.1, -0.05) is 38.8 Å². The van der Waals surface area contributed by atoms with E-state index < -0.39 is 0 Å². The number of halogens is 1. The third-order valence-corrected chi connectivity index (χ3v) is 6.56. The van der Waals surface area contributed by atoms with Gasteiger partial charge < -0.3 is 5.32 Å². The molecule has 0 spiro atoms. The van der Waals surface area contributed by atoms with E-state index in [1.165, 1.54) is 32.1 Å². The van der Waals surface area contributed by atoms with Gasteiger partial charge in [-0.05, 0) is 36.8 Å². The van der Waals surface area contributed by atoms with E-state index in [1.54, 1.807) is 6.07 Å². The number of hydrogen-bond donors (Lipinski definition) is 5. The van der Waals surface area contributed by atoms with E-state index in [2.05, 4.69) is 40.6 Å². The largest absolute Gasteiger partial charge is 0.310 e. The number of piperazine rings is 1. The summed E-state index contributed by atoms with van der Waals surface area (Å²) >= 11 is 0. The standard InChI is InChI=1S/C22H36FN5O/c1-3-5-14(4-2)19-12-26-20(13-24-19)25-11-17-9-8-16(10-18(17)23)21-27-22(29-28-21)15-6-7-15/h8-10,14-15,19-22,24-28H,3-7,11-13H2,1-2H3. The molecule has 1 saturated carbocycles. The van der Waals surface area contributed by atoms with E-state index in [0.29, 0.717) is 24.1 Å².